The van der Waals surface area contributed by atoms with Crippen LogP contribution in [0.5, 0.6) is 0 Å². The fourth-order valence-corrected chi connectivity index (χ4v) is 2.35. The van der Waals surface area contributed by atoms with Crippen molar-refractivity contribution >= 4 is 11.6 Å². The van der Waals surface area contributed by atoms with E-state index in [2.05, 4.69) is 18.7 Å². The first-order valence-corrected chi connectivity index (χ1v) is 6.80. The molecule has 0 spiro atoms. The van der Waals surface area contributed by atoms with Gasteiger partial charge in [-0.1, -0.05) is 36.4 Å². The summed E-state index contributed by atoms with van der Waals surface area (Å²) >= 11 is 0. The summed E-state index contributed by atoms with van der Waals surface area (Å²) in [5.74, 6) is 0.0599. The Kier molecular flexibility index (Phi) is 4.20. The predicted octanol–water partition coefficient (Wildman–Crippen LogP) is 3.88. The maximum Gasteiger partial charge on any atom is 0.253 e. The number of hydrogen-bond acceptors (Lipinski definition) is 1. The number of fused-ring (bicyclic) bond motifs is 1. The molecule has 2 heteroatoms. The fourth-order valence-electron chi connectivity index (χ4n) is 2.35. The molecule has 2 nitrogen and oxygen atoms in total. The zero-order valence-corrected chi connectivity index (χ0v) is 11.8. The maximum absolute atomic E-state index is 12.5. The van der Waals surface area contributed by atoms with Crippen LogP contribution in [-0.2, 0) is 11.2 Å². The summed E-state index contributed by atoms with van der Waals surface area (Å²) in [4.78, 5) is 14.3. The number of amides is 1. The van der Waals surface area contributed by atoms with Gasteiger partial charge in [0, 0.05) is 17.8 Å². The first-order chi connectivity index (χ1) is 9.09. The zero-order chi connectivity index (χ0) is 13.8. The van der Waals surface area contributed by atoms with E-state index in [0.717, 1.165) is 25.1 Å². The van der Waals surface area contributed by atoms with Crippen LogP contribution in [0.1, 0.15) is 32.3 Å². The molecular weight excluding hydrogens is 234 g/mol. The van der Waals surface area contributed by atoms with Crippen molar-refractivity contribution in [2.24, 2.45) is 0 Å². The first-order valence-electron chi connectivity index (χ1n) is 6.80. The van der Waals surface area contributed by atoms with Gasteiger partial charge in [-0.3, -0.25) is 4.79 Å². The average Bonchev–Trinajstić information content (AvgIpc) is 2.43. The second kappa shape index (κ2) is 5.87. The lowest BCUT2D eigenvalue weighted by molar-refractivity contribution is -0.115. The Balaban J connectivity index is 2.17. The van der Waals surface area contributed by atoms with Gasteiger partial charge in [0.2, 0.25) is 0 Å². The zero-order valence-electron chi connectivity index (χ0n) is 11.8. The number of para-hydroxylation sites is 1. The largest absolute Gasteiger partial charge is 0.308 e. The summed E-state index contributed by atoms with van der Waals surface area (Å²) in [5, 5.41) is 0. The van der Waals surface area contributed by atoms with E-state index in [9.17, 15) is 4.79 Å². The van der Waals surface area contributed by atoms with E-state index < -0.39 is 0 Å². The third-order valence-electron chi connectivity index (χ3n) is 3.41. The quantitative estimate of drug-likeness (QED) is 0.593. The lowest BCUT2D eigenvalue weighted by Crippen LogP contribution is -2.36. The van der Waals surface area contributed by atoms with Crippen LogP contribution in [0.15, 0.2) is 48.1 Å². The Labute approximate surface area is 115 Å². The number of hydrogen-bond donors (Lipinski definition) is 0. The molecule has 2 rings (SSSR count). The number of aryl methyl sites for hydroxylation is 1. The molecule has 0 saturated heterocycles. The van der Waals surface area contributed by atoms with Crippen LogP contribution >= 0.6 is 0 Å². The Morgan fingerprint density at radius 2 is 2.11 bits per heavy atom. The van der Waals surface area contributed by atoms with E-state index in [4.69, 9.17) is 0 Å². The van der Waals surface area contributed by atoms with Crippen LogP contribution in [0.25, 0.3) is 0 Å². The molecule has 0 fully saturated rings. The molecule has 1 aliphatic rings. The molecular formula is C17H21NO. The smallest absolute Gasteiger partial charge is 0.253 e. The molecule has 1 heterocycles. The van der Waals surface area contributed by atoms with Crippen molar-refractivity contribution in [1.29, 1.82) is 0 Å². The number of anilines is 1. The van der Waals surface area contributed by atoms with Crippen molar-refractivity contribution in [1.82, 2.24) is 0 Å². The lowest BCUT2D eigenvalue weighted by atomic mass is 10.0. The van der Waals surface area contributed by atoms with Crippen molar-refractivity contribution in [3.05, 3.63) is 53.6 Å². The van der Waals surface area contributed by atoms with Crippen LogP contribution in [0, 0.1) is 0 Å². The molecule has 0 radical (unpaired) electrons. The molecule has 0 atom stereocenters. The van der Waals surface area contributed by atoms with Gasteiger partial charge in [-0.25, -0.2) is 0 Å². The monoisotopic (exact) mass is 255 g/mol. The van der Waals surface area contributed by atoms with E-state index >= 15 is 0 Å². The van der Waals surface area contributed by atoms with Gasteiger partial charge in [0.15, 0.2) is 0 Å². The number of nitrogens with zero attached hydrogens (tertiary/aromatic N) is 1. The van der Waals surface area contributed by atoms with Crippen LogP contribution in [0.2, 0.25) is 0 Å². The number of allylic oxidation sites excluding steroid dienone is 2. The lowest BCUT2D eigenvalue weighted by Gasteiger charge is -2.30. The minimum atomic E-state index is 0.0599. The van der Waals surface area contributed by atoms with Gasteiger partial charge in [0.25, 0.3) is 5.91 Å². The van der Waals surface area contributed by atoms with Crippen molar-refractivity contribution in [2.75, 3.05) is 11.4 Å². The standard InChI is InChI=1S/C17H21NO/c1-13(2)10-11-14(3)17(19)18-12-6-8-15-7-4-5-9-16(15)18/h4-5,7,9-10H,3,6,8,11-12H2,1-2H3. The Bertz CT molecular complexity index is 524. The molecule has 0 saturated carbocycles. The van der Waals surface area contributed by atoms with Crippen LogP contribution in [-0.4, -0.2) is 12.5 Å². The van der Waals surface area contributed by atoms with Gasteiger partial charge >= 0.3 is 0 Å². The van der Waals surface area contributed by atoms with Crippen LogP contribution < -0.4 is 4.90 Å². The SMILES string of the molecule is C=C(CC=C(C)C)C(=O)N1CCCc2ccccc21. The molecule has 1 aromatic carbocycles. The Hall–Kier alpha value is -1.83. The highest BCUT2D eigenvalue weighted by Crippen LogP contribution is 2.28. The summed E-state index contributed by atoms with van der Waals surface area (Å²) in [7, 11) is 0. The molecule has 19 heavy (non-hydrogen) atoms. The number of carbonyl (C=O) groups is 1. The second-order valence-corrected chi connectivity index (χ2v) is 5.28. The predicted molar refractivity (Wildman–Crippen MR) is 80.3 cm³/mol. The normalized spacial score (nSPS) is 13.7. The summed E-state index contributed by atoms with van der Waals surface area (Å²) in [6, 6.07) is 8.16. The van der Waals surface area contributed by atoms with Gasteiger partial charge in [-0.15, -0.1) is 0 Å². The first kappa shape index (κ1) is 13.6. The number of rotatable bonds is 3. The third kappa shape index (κ3) is 3.14. The van der Waals surface area contributed by atoms with E-state index in [1.807, 2.05) is 36.9 Å². The highest BCUT2D eigenvalue weighted by molar-refractivity contribution is 6.06. The summed E-state index contributed by atoms with van der Waals surface area (Å²) in [5.41, 5.74) is 4.19. The fraction of sp³-hybridized carbons (Fsp3) is 0.353. The van der Waals surface area contributed by atoms with Gasteiger partial charge in [-0.2, -0.15) is 0 Å². The van der Waals surface area contributed by atoms with Crippen molar-refractivity contribution in [3.63, 3.8) is 0 Å². The molecule has 1 aromatic rings. The minimum Gasteiger partial charge on any atom is -0.308 e. The summed E-state index contributed by atoms with van der Waals surface area (Å²) in [6.45, 7) is 8.81. The molecule has 1 aliphatic heterocycles. The molecule has 0 N–H and O–H groups in total. The van der Waals surface area contributed by atoms with Crippen molar-refractivity contribution in [3.8, 4) is 0 Å². The number of benzene rings is 1. The molecule has 100 valence electrons. The topological polar surface area (TPSA) is 20.3 Å². The summed E-state index contributed by atoms with van der Waals surface area (Å²) < 4.78 is 0. The second-order valence-electron chi connectivity index (χ2n) is 5.28. The van der Waals surface area contributed by atoms with Gasteiger partial charge in [0.05, 0.1) is 0 Å². The molecule has 0 aromatic heterocycles. The molecule has 1 amide bonds. The van der Waals surface area contributed by atoms with E-state index in [0.29, 0.717) is 12.0 Å². The molecule has 0 bridgehead atoms. The van der Waals surface area contributed by atoms with E-state index in [1.54, 1.807) is 0 Å². The minimum absolute atomic E-state index is 0.0599. The Morgan fingerprint density at radius 3 is 2.84 bits per heavy atom. The van der Waals surface area contributed by atoms with Crippen molar-refractivity contribution in [2.45, 2.75) is 33.1 Å². The Morgan fingerprint density at radius 1 is 1.37 bits per heavy atom. The highest BCUT2D eigenvalue weighted by Gasteiger charge is 2.23. The third-order valence-corrected chi connectivity index (χ3v) is 3.41. The average molecular weight is 255 g/mol. The molecule has 0 aliphatic carbocycles. The van der Waals surface area contributed by atoms with Gasteiger partial charge < -0.3 is 4.90 Å². The van der Waals surface area contributed by atoms with Crippen molar-refractivity contribution < 1.29 is 4.79 Å². The van der Waals surface area contributed by atoms with Gasteiger partial charge in [-0.05, 0) is 44.7 Å². The van der Waals surface area contributed by atoms with E-state index in [1.165, 1.54) is 11.1 Å². The highest BCUT2D eigenvalue weighted by atomic mass is 16.2. The molecule has 0 unspecified atom stereocenters. The number of carbonyl (C=O) groups excluding carboxylic acids is 1. The maximum atomic E-state index is 12.5. The van der Waals surface area contributed by atoms with Gasteiger partial charge in [0.1, 0.15) is 0 Å². The summed E-state index contributed by atoms with van der Waals surface area (Å²) in [6.07, 6.45) is 4.77. The van der Waals surface area contributed by atoms with Crippen LogP contribution in [0.3, 0.4) is 0 Å². The van der Waals surface area contributed by atoms with Crippen LogP contribution in [0.4, 0.5) is 5.69 Å². The van der Waals surface area contributed by atoms with E-state index in [-0.39, 0.29) is 5.91 Å².